The number of hydrogen-bond acceptors (Lipinski definition) is 5. The number of halogens is 1. The Kier molecular flexibility index (Phi) is 5.61. The molecule has 1 fully saturated rings. The van der Waals surface area contributed by atoms with Gasteiger partial charge in [-0.1, -0.05) is 23.7 Å². The molecule has 1 saturated heterocycles. The van der Waals surface area contributed by atoms with Gasteiger partial charge in [0.15, 0.2) is 11.8 Å². The summed E-state index contributed by atoms with van der Waals surface area (Å²) in [5, 5.41) is 12.5. The summed E-state index contributed by atoms with van der Waals surface area (Å²) in [4.78, 5) is 17.2. The van der Waals surface area contributed by atoms with Gasteiger partial charge in [-0.25, -0.2) is 4.99 Å². The first-order valence-electron chi connectivity index (χ1n) is 7.71. The Hall–Kier alpha value is -2.75. The topological polar surface area (TPSA) is 74.5 Å². The third-order valence-electron chi connectivity index (χ3n) is 3.51. The predicted octanol–water partition coefficient (Wildman–Crippen LogP) is 4.44. The zero-order valence-electron chi connectivity index (χ0n) is 13.8. The molecule has 0 saturated carbocycles. The molecule has 0 spiro atoms. The maximum absolute atomic E-state index is 12.2. The van der Waals surface area contributed by atoms with Crippen LogP contribution in [0.4, 0.5) is 5.69 Å². The van der Waals surface area contributed by atoms with Crippen molar-refractivity contribution in [3.8, 4) is 11.8 Å². The number of ether oxygens (including phenoxy) is 1. The molecule has 2 aromatic rings. The lowest BCUT2D eigenvalue weighted by Crippen LogP contribution is -2.19. The predicted molar refractivity (Wildman–Crippen MR) is 105 cm³/mol. The van der Waals surface area contributed by atoms with Crippen molar-refractivity contribution < 1.29 is 9.53 Å². The van der Waals surface area contributed by atoms with Gasteiger partial charge in [-0.2, -0.15) is 5.26 Å². The molecule has 130 valence electrons. The SMILES string of the molecule is Cc1cc(Cl)ccc1N=C1NC(=O)/C(=C/c2ccc(OCC#N)cc2)S1. The highest BCUT2D eigenvalue weighted by Crippen LogP contribution is 2.30. The van der Waals surface area contributed by atoms with Crippen LogP contribution in [0.3, 0.4) is 0 Å². The van der Waals surface area contributed by atoms with Crippen LogP contribution in [0.15, 0.2) is 52.4 Å². The lowest BCUT2D eigenvalue weighted by molar-refractivity contribution is -0.115. The second kappa shape index (κ2) is 8.09. The normalized spacial score (nSPS) is 16.6. The number of aryl methyl sites for hydroxylation is 1. The molecule has 26 heavy (non-hydrogen) atoms. The number of amides is 1. The van der Waals surface area contributed by atoms with Gasteiger partial charge >= 0.3 is 0 Å². The number of thioether (sulfide) groups is 1. The van der Waals surface area contributed by atoms with Crippen molar-refractivity contribution >= 4 is 46.2 Å². The van der Waals surface area contributed by atoms with Crippen molar-refractivity contribution in [2.75, 3.05) is 6.61 Å². The number of rotatable bonds is 4. The number of nitrogens with zero attached hydrogens (tertiary/aromatic N) is 2. The minimum Gasteiger partial charge on any atom is -0.479 e. The molecule has 3 rings (SSSR count). The standard InChI is InChI=1S/C19H14ClN3O2S/c1-12-10-14(20)4-7-16(12)22-19-23-18(24)17(26-19)11-13-2-5-15(6-3-13)25-9-8-21/h2-7,10-11H,9H2,1H3,(H,22,23,24)/b17-11-. The van der Waals surface area contributed by atoms with Gasteiger partial charge in [0.2, 0.25) is 0 Å². The summed E-state index contributed by atoms with van der Waals surface area (Å²) in [6, 6.07) is 14.5. The largest absolute Gasteiger partial charge is 0.479 e. The van der Waals surface area contributed by atoms with Gasteiger partial charge in [0.05, 0.1) is 10.6 Å². The highest BCUT2D eigenvalue weighted by molar-refractivity contribution is 8.18. The van der Waals surface area contributed by atoms with Crippen LogP contribution in [-0.4, -0.2) is 17.7 Å². The molecule has 0 radical (unpaired) electrons. The van der Waals surface area contributed by atoms with Gasteiger partial charge in [-0.3, -0.25) is 4.79 Å². The number of nitriles is 1. The Bertz CT molecular complexity index is 946. The summed E-state index contributed by atoms with van der Waals surface area (Å²) in [6.45, 7) is 1.92. The van der Waals surface area contributed by atoms with Crippen LogP contribution in [0.1, 0.15) is 11.1 Å². The highest BCUT2D eigenvalue weighted by Gasteiger charge is 2.23. The molecule has 0 unspecified atom stereocenters. The molecule has 0 bridgehead atoms. The van der Waals surface area contributed by atoms with E-state index in [1.807, 2.05) is 37.3 Å². The summed E-state index contributed by atoms with van der Waals surface area (Å²) in [5.41, 5.74) is 2.55. The molecule has 1 aliphatic rings. The lowest BCUT2D eigenvalue weighted by Gasteiger charge is -2.02. The van der Waals surface area contributed by atoms with E-state index in [0.717, 1.165) is 16.8 Å². The average Bonchev–Trinajstić information content (AvgIpc) is 2.96. The van der Waals surface area contributed by atoms with Gasteiger partial charge in [0.1, 0.15) is 11.8 Å². The summed E-state index contributed by atoms with van der Waals surface area (Å²) in [7, 11) is 0. The molecule has 7 heteroatoms. The Labute approximate surface area is 160 Å². The first kappa shape index (κ1) is 18.1. The summed E-state index contributed by atoms with van der Waals surface area (Å²) in [5.74, 6) is 0.419. The zero-order chi connectivity index (χ0) is 18.5. The monoisotopic (exact) mass is 383 g/mol. The number of hydrogen-bond donors (Lipinski definition) is 1. The smallest absolute Gasteiger partial charge is 0.264 e. The Morgan fingerprint density at radius 2 is 2.08 bits per heavy atom. The fourth-order valence-electron chi connectivity index (χ4n) is 2.26. The number of benzene rings is 2. The number of amidine groups is 1. The summed E-state index contributed by atoms with van der Waals surface area (Å²) < 4.78 is 5.21. The van der Waals surface area contributed by atoms with Crippen molar-refractivity contribution in [3.05, 3.63) is 63.5 Å². The van der Waals surface area contributed by atoms with E-state index in [2.05, 4.69) is 10.3 Å². The van der Waals surface area contributed by atoms with E-state index in [4.69, 9.17) is 21.6 Å². The molecule has 1 aliphatic heterocycles. The second-order valence-electron chi connectivity index (χ2n) is 5.43. The van der Waals surface area contributed by atoms with Crippen LogP contribution in [-0.2, 0) is 4.79 Å². The van der Waals surface area contributed by atoms with Crippen molar-refractivity contribution in [2.24, 2.45) is 4.99 Å². The summed E-state index contributed by atoms with van der Waals surface area (Å²) in [6.07, 6.45) is 1.78. The second-order valence-corrected chi connectivity index (χ2v) is 6.90. The molecule has 1 amide bonds. The van der Waals surface area contributed by atoms with Gasteiger partial charge < -0.3 is 10.1 Å². The number of aliphatic imine (C=N–C) groups is 1. The van der Waals surface area contributed by atoms with E-state index in [9.17, 15) is 4.79 Å². The quantitative estimate of drug-likeness (QED) is 0.792. The van der Waals surface area contributed by atoms with Crippen LogP contribution in [0.25, 0.3) is 6.08 Å². The third kappa shape index (κ3) is 4.45. The van der Waals surface area contributed by atoms with E-state index < -0.39 is 0 Å². The fraction of sp³-hybridized carbons (Fsp3) is 0.105. The van der Waals surface area contributed by atoms with E-state index in [1.54, 1.807) is 24.3 Å². The van der Waals surface area contributed by atoms with Gasteiger partial charge in [-0.15, -0.1) is 0 Å². The molecule has 0 aromatic heterocycles. The number of carbonyl (C=O) groups excluding carboxylic acids is 1. The molecule has 0 atom stereocenters. The average molecular weight is 384 g/mol. The van der Waals surface area contributed by atoms with Crippen LogP contribution in [0.2, 0.25) is 5.02 Å². The van der Waals surface area contributed by atoms with Crippen molar-refractivity contribution in [3.63, 3.8) is 0 Å². The van der Waals surface area contributed by atoms with Gasteiger partial charge in [0.25, 0.3) is 5.91 Å². The molecule has 2 aromatic carbocycles. The Morgan fingerprint density at radius 1 is 1.31 bits per heavy atom. The Morgan fingerprint density at radius 3 is 2.77 bits per heavy atom. The fourth-order valence-corrected chi connectivity index (χ4v) is 3.32. The molecular formula is C19H14ClN3O2S. The van der Waals surface area contributed by atoms with E-state index in [0.29, 0.717) is 20.8 Å². The molecular weight excluding hydrogens is 370 g/mol. The highest BCUT2D eigenvalue weighted by atomic mass is 35.5. The summed E-state index contributed by atoms with van der Waals surface area (Å²) >= 11 is 7.23. The third-order valence-corrected chi connectivity index (χ3v) is 4.66. The number of carbonyl (C=O) groups is 1. The molecule has 1 N–H and O–H groups in total. The van der Waals surface area contributed by atoms with Gasteiger partial charge in [0, 0.05) is 5.02 Å². The van der Waals surface area contributed by atoms with Crippen molar-refractivity contribution in [2.45, 2.75) is 6.92 Å². The van der Waals surface area contributed by atoms with Crippen LogP contribution >= 0.6 is 23.4 Å². The van der Waals surface area contributed by atoms with Crippen molar-refractivity contribution in [1.82, 2.24) is 5.32 Å². The first-order chi connectivity index (χ1) is 12.5. The Balaban J connectivity index is 1.76. The van der Waals surface area contributed by atoms with E-state index in [-0.39, 0.29) is 12.5 Å². The maximum atomic E-state index is 12.2. The first-order valence-corrected chi connectivity index (χ1v) is 8.90. The van der Waals surface area contributed by atoms with Crippen molar-refractivity contribution in [1.29, 1.82) is 5.26 Å². The van der Waals surface area contributed by atoms with Crippen LogP contribution in [0.5, 0.6) is 5.75 Å². The maximum Gasteiger partial charge on any atom is 0.264 e. The molecule has 1 heterocycles. The minimum absolute atomic E-state index is 0.00261. The molecule has 0 aliphatic carbocycles. The number of nitrogens with one attached hydrogen (secondary N) is 1. The molecule has 5 nitrogen and oxygen atoms in total. The van der Waals surface area contributed by atoms with E-state index in [1.165, 1.54) is 11.8 Å². The van der Waals surface area contributed by atoms with Gasteiger partial charge in [-0.05, 0) is 66.2 Å². The minimum atomic E-state index is -0.190. The van der Waals surface area contributed by atoms with Crippen LogP contribution in [0, 0.1) is 18.3 Å². The van der Waals surface area contributed by atoms with E-state index >= 15 is 0 Å². The van der Waals surface area contributed by atoms with Crippen LogP contribution < -0.4 is 10.1 Å². The lowest BCUT2D eigenvalue weighted by atomic mass is 10.2. The zero-order valence-corrected chi connectivity index (χ0v) is 15.4.